The van der Waals surface area contributed by atoms with Crippen molar-refractivity contribution < 1.29 is 17.9 Å². The average Bonchev–Trinajstić information content (AvgIpc) is 2.55. The Labute approximate surface area is 143 Å². The summed E-state index contributed by atoms with van der Waals surface area (Å²) >= 11 is 0. The lowest BCUT2D eigenvalue weighted by Crippen LogP contribution is -2.47. The van der Waals surface area contributed by atoms with Gasteiger partial charge in [-0.25, -0.2) is 0 Å². The molecule has 1 heterocycles. The lowest BCUT2D eigenvalue weighted by molar-refractivity contribution is -0.120. The van der Waals surface area contributed by atoms with Gasteiger partial charge in [0.2, 0.25) is 5.91 Å². The molecule has 1 aromatic carbocycles. The molecule has 8 heteroatoms. The van der Waals surface area contributed by atoms with Crippen LogP contribution in [0.25, 0.3) is 0 Å². The third-order valence-corrected chi connectivity index (χ3v) is 5.96. The van der Waals surface area contributed by atoms with E-state index in [0.29, 0.717) is 31.7 Å². The molecule has 0 aliphatic carbocycles. The van der Waals surface area contributed by atoms with Gasteiger partial charge in [0.1, 0.15) is 0 Å². The van der Waals surface area contributed by atoms with E-state index in [0.717, 1.165) is 5.56 Å². The lowest BCUT2D eigenvalue weighted by Gasteiger charge is -2.32. The molecule has 0 saturated carbocycles. The van der Waals surface area contributed by atoms with E-state index in [1.54, 1.807) is 7.11 Å². The van der Waals surface area contributed by atoms with Crippen LogP contribution in [0.3, 0.4) is 0 Å². The second-order valence-electron chi connectivity index (χ2n) is 6.11. The zero-order chi connectivity index (χ0) is 17.7. The fourth-order valence-electron chi connectivity index (χ4n) is 2.75. The van der Waals surface area contributed by atoms with Crippen LogP contribution < -0.4 is 5.32 Å². The number of carbonyl (C=O) groups excluding carboxylic acids is 1. The number of piperidine rings is 1. The van der Waals surface area contributed by atoms with E-state index in [4.69, 9.17) is 4.74 Å². The van der Waals surface area contributed by atoms with Crippen LogP contribution in [0.1, 0.15) is 18.4 Å². The highest BCUT2D eigenvalue weighted by molar-refractivity contribution is 7.86. The first-order valence-electron chi connectivity index (χ1n) is 7.91. The van der Waals surface area contributed by atoms with Crippen molar-refractivity contribution in [1.82, 2.24) is 8.61 Å². The van der Waals surface area contributed by atoms with Crippen molar-refractivity contribution >= 4 is 21.8 Å². The molecule has 134 valence electrons. The summed E-state index contributed by atoms with van der Waals surface area (Å²) in [4.78, 5) is 12.5. The van der Waals surface area contributed by atoms with Gasteiger partial charge in [-0.3, -0.25) is 4.79 Å². The molecule has 0 unspecified atom stereocenters. The van der Waals surface area contributed by atoms with Crippen molar-refractivity contribution in [2.75, 3.05) is 39.6 Å². The number of hydrogen-bond donors (Lipinski definition) is 1. The van der Waals surface area contributed by atoms with Crippen molar-refractivity contribution in [2.45, 2.75) is 19.4 Å². The predicted molar refractivity (Wildman–Crippen MR) is 92.7 cm³/mol. The predicted octanol–water partition coefficient (Wildman–Crippen LogP) is 1.29. The quantitative estimate of drug-likeness (QED) is 0.834. The lowest BCUT2D eigenvalue weighted by atomic mass is 9.98. The Morgan fingerprint density at radius 1 is 1.42 bits per heavy atom. The maximum atomic E-state index is 12.5. The maximum absolute atomic E-state index is 12.5. The van der Waals surface area contributed by atoms with Crippen LogP contribution >= 0.6 is 0 Å². The highest BCUT2D eigenvalue weighted by atomic mass is 32.2. The molecule has 1 aromatic rings. The Bertz CT molecular complexity index is 676. The van der Waals surface area contributed by atoms with Crippen LogP contribution in [0.15, 0.2) is 24.3 Å². The van der Waals surface area contributed by atoms with Crippen molar-refractivity contribution in [2.24, 2.45) is 5.92 Å². The van der Waals surface area contributed by atoms with Gasteiger partial charge in [-0.05, 0) is 30.5 Å². The molecule has 0 aromatic heterocycles. The number of anilines is 1. The molecule has 1 saturated heterocycles. The Hall–Kier alpha value is -1.48. The zero-order valence-electron chi connectivity index (χ0n) is 14.4. The summed E-state index contributed by atoms with van der Waals surface area (Å²) in [6.07, 6.45) is 1.36. The molecule has 1 N–H and O–H groups in total. The Morgan fingerprint density at radius 2 is 2.17 bits per heavy atom. The van der Waals surface area contributed by atoms with Gasteiger partial charge >= 0.3 is 0 Å². The van der Waals surface area contributed by atoms with E-state index in [2.05, 4.69) is 5.32 Å². The molecular formula is C16H25N3O4S. The van der Waals surface area contributed by atoms with Crippen LogP contribution in [0.5, 0.6) is 0 Å². The summed E-state index contributed by atoms with van der Waals surface area (Å²) in [5.74, 6) is -0.497. The summed E-state index contributed by atoms with van der Waals surface area (Å²) in [7, 11) is 1.14. The van der Waals surface area contributed by atoms with E-state index >= 15 is 0 Å². The smallest absolute Gasteiger partial charge is 0.281 e. The van der Waals surface area contributed by atoms with Crippen LogP contribution in [-0.4, -0.2) is 57.2 Å². The first-order valence-corrected chi connectivity index (χ1v) is 9.30. The zero-order valence-corrected chi connectivity index (χ0v) is 15.2. The third-order valence-electron chi connectivity index (χ3n) is 4.05. The number of nitrogens with zero attached hydrogens (tertiary/aromatic N) is 2. The first kappa shape index (κ1) is 18.9. The monoisotopic (exact) mass is 355 g/mol. The number of carbonyl (C=O) groups is 1. The van der Waals surface area contributed by atoms with Crippen molar-refractivity contribution in [1.29, 1.82) is 0 Å². The molecule has 1 fully saturated rings. The minimum Gasteiger partial charge on any atom is -0.380 e. The highest BCUT2D eigenvalue weighted by Gasteiger charge is 2.33. The number of methoxy groups -OCH3 is 1. The number of hydrogen-bond acceptors (Lipinski definition) is 4. The average molecular weight is 355 g/mol. The van der Waals surface area contributed by atoms with Gasteiger partial charge in [0, 0.05) is 40.0 Å². The largest absolute Gasteiger partial charge is 0.380 e. The Kier molecular flexibility index (Phi) is 6.34. The van der Waals surface area contributed by atoms with Gasteiger partial charge in [-0.1, -0.05) is 12.1 Å². The summed E-state index contributed by atoms with van der Waals surface area (Å²) in [6.45, 7) is 1.14. The number of rotatable bonds is 6. The molecule has 1 aliphatic heterocycles. The van der Waals surface area contributed by atoms with Crippen LogP contribution in [0.2, 0.25) is 0 Å². The number of amides is 1. The first-order chi connectivity index (χ1) is 11.3. The summed E-state index contributed by atoms with van der Waals surface area (Å²) in [6, 6.07) is 7.45. The second kappa shape index (κ2) is 8.06. The second-order valence-corrected chi connectivity index (χ2v) is 8.25. The van der Waals surface area contributed by atoms with Gasteiger partial charge in [0.05, 0.1) is 12.5 Å². The molecule has 1 amide bonds. The van der Waals surface area contributed by atoms with E-state index in [-0.39, 0.29) is 18.4 Å². The number of ether oxygens (including phenoxy) is 1. The van der Waals surface area contributed by atoms with Gasteiger partial charge < -0.3 is 10.1 Å². The van der Waals surface area contributed by atoms with Gasteiger partial charge in [-0.15, -0.1) is 0 Å². The normalized spacial score (nSPS) is 19.4. The van der Waals surface area contributed by atoms with E-state index in [1.807, 2.05) is 24.3 Å². The van der Waals surface area contributed by atoms with Gasteiger partial charge in [-0.2, -0.15) is 17.0 Å². The van der Waals surface area contributed by atoms with Gasteiger partial charge in [0.25, 0.3) is 10.2 Å². The minimum absolute atomic E-state index is 0.150. The molecular weight excluding hydrogens is 330 g/mol. The topological polar surface area (TPSA) is 79.0 Å². The van der Waals surface area contributed by atoms with Crippen molar-refractivity contribution in [3.8, 4) is 0 Å². The molecule has 2 rings (SSSR count). The van der Waals surface area contributed by atoms with E-state index < -0.39 is 10.2 Å². The van der Waals surface area contributed by atoms with Crippen LogP contribution in [0, 0.1) is 5.92 Å². The standard InChI is InChI=1S/C16H25N3O4S/c1-18(2)24(21,22)19-9-5-7-14(11-19)16(20)17-15-8-4-6-13(10-15)12-23-3/h4,6,8,10,14H,5,7,9,11-12H2,1-3H3,(H,17,20)/t14-/m0/s1. The Balaban J connectivity index is 2.03. The Morgan fingerprint density at radius 3 is 2.83 bits per heavy atom. The number of benzene rings is 1. The third kappa shape index (κ3) is 4.54. The van der Waals surface area contributed by atoms with E-state index in [1.165, 1.54) is 22.7 Å². The molecule has 24 heavy (non-hydrogen) atoms. The highest BCUT2D eigenvalue weighted by Crippen LogP contribution is 2.22. The minimum atomic E-state index is -3.48. The van der Waals surface area contributed by atoms with Crippen molar-refractivity contribution in [3.63, 3.8) is 0 Å². The molecule has 1 aliphatic rings. The molecule has 7 nitrogen and oxygen atoms in total. The molecule has 1 atom stereocenters. The molecule has 0 bridgehead atoms. The fraction of sp³-hybridized carbons (Fsp3) is 0.562. The fourth-order valence-corrected chi connectivity index (χ4v) is 3.94. The SMILES string of the molecule is COCc1cccc(NC(=O)[C@H]2CCCN(S(=O)(=O)N(C)C)C2)c1. The van der Waals surface area contributed by atoms with Crippen LogP contribution in [0.4, 0.5) is 5.69 Å². The number of nitrogens with one attached hydrogen (secondary N) is 1. The van der Waals surface area contributed by atoms with E-state index in [9.17, 15) is 13.2 Å². The van der Waals surface area contributed by atoms with Crippen molar-refractivity contribution in [3.05, 3.63) is 29.8 Å². The van der Waals surface area contributed by atoms with Gasteiger partial charge in [0.15, 0.2) is 0 Å². The maximum Gasteiger partial charge on any atom is 0.281 e. The molecule has 0 radical (unpaired) electrons. The summed E-state index contributed by atoms with van der Waals surface area (Å²) in [5, 5.41) is 2.88. The summed E-state index contributed by atoms with van der Waals surface area (Å²) in [5.41, 5.74) is 1.66. The molecule has 0 spiro atoms. The van der Waals surface area contributed by atoms with Crippen LogP contribution in [-0.2, 0) is 26.3 Å². The summed E-state index contributed by atoms with van der Waals surface area (Å²) < 4.78 is 32.1.